The van der Waals surface area contributed by atoms with Gasteiger partial charge in [-0.25, -0.2) is 0 Å². The van der Waals surface area contributed by atoms with E-state index in [9.17, 15) is 9.59 Å². The van der Waals surface area contributed by atoms with Crippen molar-refractivity contribution in [3.05, 3.63) is 60.4 Å². The summed E-state index contributed by atoms with van der Waals surface area (Å²) in [7, 11) is 0. The lowest BCUT2D eigenvalue weighted by Crippen LogP contribution is -2.37. The van der Waals surface area contributed by atoms with Crippen molar-refractivity contribution in [3.63, 3.8) is 0 Å². The van der Waals surface area contributed by atoms with Gasteiger partial charge in [-0.15, -0.1) is 0 Å². The fraction of sp³-hybridized carbons (Fsp3) is 0.391. The van der Waals surface area contributed by atoms with Crippen molar-refractivity contribution in [1.29, 1.82) is 0 Å². The van der Waals surface area contributed by atoms with E-state index in [2.05, 4.69) is 15.5 Å². The molecule has 8 nitrogen and oxygen atoms in total. The molecule has 1 aromatic carbocycles. The Bertz CT molecular complexity index is 1040. The Hall–Kier alpha value is -3.42. The Labute approximate surface area is 179 Å². The summed E-state index contributed by atoms with van der Waals surface area (Å²) >= 11 is 0. The van der Waals surface area contributed by atoms with E-state index in [4.69, 9.17) is 8.94 Å². The van der Waals surface area contributed by atoms with Crippen molar-refractivity contribution in [2.24, 2.45) is 5.92 Å². The third kappa shape index (κ3) is 3.97. The van der Waals surface area contributed by atoms with Crippen LogP contribution in [0.4, 0.5) is 0 Å². The van der Waals surface area contributed by atoms with Crippen molar-refractivity contribution in [2.75, 3.05) is 13.1 Å². The molecule has 0 radical (unpaired) electrons. The molecule has 3 aromatic rings. The maximum Gasteiger partial charge on any atom is 0.254 e. The van der Waals surface area contributed by atoms with E-state index in [1.54, 1.807) is 6.07 Å². The molecule has 2 aliphatic rings. The standard InChI is InChI=1S/C23H24N4O4/c28-21(16-8-11-30-14-16)24-19-13-17(23(29)27-9-4-5-10-27)12-18(19)22-25-20(26-31-22)15-6-2-1-3-7-15/h1-3,6-8,11,14,17-19H,4-5,9-10,12-13H2,(H,24,28)/t17-,18-,19+/m1/s1. The predicted molar refractivity (Wildman–Crippen MR) is 111 cm³/mol. The van der Waals surface area contributed by atoms with Gasteiger partial charge in [0.15, 0.2) is 0 Å². The Morgan fingerprint density at radius 3 is 2.61 bits per heavy atom. The third-order valence-electron chi connectivity index (χ3n) is 6.22. The molecular weight excluding hydrogens is 396 g/mol. The molecule has 1 saturated heterocycles. The van der Waals surface area contributed by atoms with Crippen LogP contribution in [0.1, 0.15) is 47.8 Å². The Balaban J connectivity index is 1.39. The Morgan fingerprint density at radius 1 is 1.06 bits per heavy atom. The average Bonchev–Trinajstić information content (AvgIpc) is 3.60. The lowest BCUT2D eigenvalue weighted by atomic mass is 10.0. The summed E-state index contributed by atoms with van der Waals surface area (Å²) in [4.78, 5) is 32.2. The van der Waals surface area contributed by atoms with E-state index in [-0.39, 0.29) is 29.7 Å². The zero-order valence-electron chi connectivity index (χ0n) is 17.1. The SMILES string of the molecule is O=C(N[C@H]1C[C@H](C(=O)N2CCCC2)C[C@H]1c1nc(-c2ccccc2)no1)c1ccoc1. The fourth-order valence-corrected chi connectivity index (χ4v) is 4.60. The molecule has 1 saturated carbocycles. The summed E-state index contributed by atoms with van der Waals surface area (Å²) < 4.78 is 10.6. The van der Waals surface area contributed by atoms with Crippen molar-refractivity contribution >= 4 is 11.8 Å². The molecule has 2 amide bonds. The smallest absolute Gasteiger partial charge is 0.254 e. The second-order valence-corrected chi connectivity index (χ2v) is 8.22. The number of hydrogen-bond acceptors (Lipinski definition) is 6. The van der Waals surface area contributed by atoms with Crippen LogP contribution in [0, 0.1) is 5.92 Å². The molecule has 3 atom stereocenters. The number of rotatable bonds is 5. The van der Waals surface area contributed by atoms with Crippen molar-refractivity contribution in [2.45, 2.75) is 37.6 Å². The summed E-state index contributed by atoms with van der Waals surface area (Å²) in [5, 5.41) is 7.19. The molecule has 1 N–H and O–H groups in total. The van der Waals surface area contributed by atoms with Gasteiger partial charge in [-0.1, -0.05) is 35.5 Å². The first-order chi connectivity index (χ1) is 15.2. The van der Waals surface area contributed by atoms with Gasteiger partial charge in [0, 0.05) is 30.6 Å². The summed E-state index contributed by atoms with van der Waals surface area (Å²) in [5.74, 6) is 0.478. The number of carbonyl (C=O) groups is 2. The van der Waals surface area contributed by atoms with Gasteiger partial charge in [0.25, 0.3) is 5.91 Å². The van der Waals surface area contributed by atoms with Crippen LogP contribution in [0.15, 0.2) is 57.9 Å². The first-order valence-electron chi connectivity index (χ1n) is 10.7. The molecular formula is C23H24N4O4. The molecule has 5 rings (SSSR count). The van der Waals surface area contributed by atoms with E-state index in [1.807, 2.05) is 35.2 Å². The number of benzene rings is 1. The maximum atomic E-state index is 13.0. The van der Waals surface area contributed by atoms with Gasteiger partial charge in [-0.3, -0.25) is 9.59 Å². The quantitative estimate of drug-likeness (QED) is 0.680. The maximum absolute atomic E-state index is 13.0. The van der Waals surface area contributed by atoms with Crippen LogP contribution in [0.5, 0.6) is 0 Å². The second-order valence-electron chi connectivity index (χ2n) is 8.22. The fourth-order valence-electron chi connectivity index (χ4n) is 4.60. The molecule has 160 valence electrons. The summed E-state index contributed by atoms with van der Waals surface area (Å²) in [6.45, 7) is 1.62. The van der Waals surface area contributed by atoms with Crippen molar-refractivity contribution in [3.8, 4) is 11.4 Å². The molecule has 31 heavy (non-hydrogen) atoms. The van der Waals surface area contributed by atoms with E-state index in [1.165, 1.54) is 12.5 Å². The minimum absolute atomic E-state index is 0.158. The van der Waals surface area contributed by atoms with Crippen LogP contribution in [0.3, 0.4) is 0 Å². The number of aromatic nitrogens is 2. The largest absolute Gasteiger partial charge is 0.472 e. The zero-order chi connectivity index (χ0) is 21.2. The molecule has 0 unspecified atom stereocenters. The van der Waals surface area contributed by atoms with Crippen LogP contribution in [-0.4, -0.2) is 46.0 Å². The number of nitrogens with zero attached hydrogens (tertiary/aromatic N) is 3. The molecule has 8 heteroatoms. The van der Waals surface area contributed by atoms with E-state index in [0.717, 1.165) is 31.5 Å². The number of hydrogen-bond donors (Lipinski definition) is 1. The third-order valence-corrected chi connectivity index (χ3v) is 6.22. The van der Waals surface area contributed by atoms with E-state index in [0.29, 0.717) is 30.1 Å². The normalized spacial score (nSPS) is 23.2. The minimum atomic E-state index is -0.275. The molecule has 1 aliphatic heterocycles. The van der Waals surface area contributed by atoms with E-state index < -0.39 is 0 Å². The highest BCUT2D eigenvalue weighted by molar-refractivity contribution is 5.94. The zero-order valence-corrected chi connectivity index (χ0v) is 17.1. The van der Waals surface area contributed by atoms with Gasteiger partial charge >= 0.3 is 0 Å². The van der Waals surface area contributed by atoms with Gasteiger partial charge in [-0.2, -0.15) is 4.98 Å². The number of likely N-dealkylation sites (tertiary alicyclic amines) is 1. The first kappa shape index (κ1) is 19.5. The molecule has 0 bridgehead atoms. The summed E-state index contributed by atoms with van der Waals surface area (Å²) in [6.07, 6.45) is 6.09. The van der Waals surface area contributed by atoms with Crippen molar-refractivity contribution < 1.29 is 18.5 Å². The van der Waals surface area contributed by atoms with E-state index >= 15 is 0 Å². The highest BCUT2D eigenvalue weighted by atomic mass is 16.5. The van der Waals surface area contributed by atoms with Crippen LogP contribution in [0.25, 0.3) is 11.4 Å². The Morgan fingerprint density at radius 2 is 1.87 bits per heavy atom. The van der Waals surface area contributed by atoms with Gasteiger partial charge in [0.05, 0.1) is 17.7 Å². The van der Waals surface area contributed by atoms with Gasteiger partial charge in [0.1, 0.15) is 6.26 Å². The first-order valence-corrected chi connectivity index (χ1v) is 10.7. The van der Waals surface area contributed by atoms with Gasteiger partial charge in [-0.05, 0) is 31.7 Å². The lowest BCUT2D eigenvalue weighted by Gasteiger charge is -2.20. The number of amides is 2. The Kier molecular flexibility index (Phi) is 5.28. The average molecular weight is 420 g/mol. The lowest BCUT2D eigenvalue weighted by molar-refractivity contribution is -0.134. The summed E-state index contributed by atoms with van der Waals surface area (Å²) in [5.41, 5.74) is 1.31. The monoisotopic (exact) mass is 420 g/mol. The topological polar surface area (TPSA) is 101 Å². The number of nitrogens with one attached hydrogen (secondary N) is 1. The molecule has 2 fully saturated rings. The minimum Gasteiger partial charge on any atom is -0.472 e. The van der Waals surface area contributed by atoms with Gasteiger partial charge < -0.3 is 19.2 Å². The van der Waals surface area contributed by atoms with Crippen LogP contribution < -0.4 is 5.32 Å². The summed E-state index contributed by atoms with van der Waals surface area (Å²) in [6, 6.07) is 10.9. The number of furan rings is 1. The highest BCUT2D eigenvalue weighted by Gasteiger charge is 2.44. The highest BCUT2D eigenvalue weighted by Crippen LogP contribution is 2.40. The van der Waals surface area contributed by atoms with Crippen LogP contribution >= 0.6 is 0 Å². The van der Waals surface area contributed by atoms with Crippen molar-refractivity contribution in [1.82, 2.24) is 20.4 Å². The number of carbonyl (C=O) groups excluding carboxylic acids is 2. The molecule has 2 aromatic heterocycles. The van der Waals surface area contributed by atoms with Gasteiger partial charge in [0.2, 0.25) is 17.6 Å². The second kappa shape index (κ2) is 8.37. The predicted octanol–water partition coefficient (Wildman–Crippen LogP) is 3.24. The molecule has 3 heterocycles. The molecule has 0 spiro atoms. The molecule has 1 aliphatic carbocycles. The van der Waals surface area contributed by atoms with Crippen LogP contribution in [-0.2, 0) is 4.79 Å². The van der Waals surface area contributed by atoms with Crippen LogP contribution in [0.2, 0.25) is 0 Å².